The zero-order chi connectivity index (χ0) is 15.7. The van der Waals surface area contributed by atoms with E-state index in [9.17, 15) is 0 Å². The van der Waals surface area contributed by atoms with Crippen LogP contribution in [-0.4, -0.2) is 31.7 Å². The van der Waals surface area contributed by atoms with Gasteiger partial charge in [-0.2, -0.15) is 5.10 Å². The van der Waals surface area contributed by atoms with Crippen molar-refractivity contribution in [2.45, 2.75) is 26.8 Å². The van der Waals surface area contributed by atoms with Crippen molar-refractivity contribution in [3.05, 3.63) is 35.9 Å². The SMILES string of the molecule is CCN(c1nc(C)nc2[nH]ncc12)C(C)c1cccnc1N. The fourth-order valence-electron chi connectivity index (χ4n) is 2.71. The van der Waals surface area contributed by atoms with E-state index in [1.807, 2.05) is 19.1 Å². The Balaban J connectivity index is 2.10. The lowest BCUT2D eigenvalue weighted by molar-refractivity contribution is 0.680. The minimum atomic E-state index is 0.0473. The Hall–Kier alpha value is -2.70. The summed E-state index contributed by atoms with van der Waals surface area (Å²) in [7, 11) is 0. The van der Waals surface area contributed by atoms with E-state index in [1.54, 1.807) is 12.4 Å². The molecule has 3 aromatic rings. The van der Waals surface area contributed by atoms with Gasteiger partial charge in [-0.1, -0.05) is 6.07 Å². The van der Waals surface area contributed by atoms with Gasteiger partial charge in [0.2, 0.25) is 0 Å². The van der Waals surface area contributed by atoms with Crippen LogP contribution in [0.25, 0.3) is 11.0 Å². The number of aryl methyl sites for hydroxylation is 1. The molecule has 22 heavy (non-hydrogen) atoms. The fraction of sp³-hybridized carbons (Fsp3) is 0.333. The summed E-state index contributed by atoms with van der Waals surface area (Å²) in [6.07, 6.45) is 3.46. The van der Waals surface area contributed by atoms with Crippen LogP contribution >= 0.6 is 0 Å². The number of fused-ring (bicyclic) bond motifs is 1. The molecule has 0 aliphatic rings. The summed E-state index contributed by atoms with van der Waals surface area (Å²) >= 11 is 0. The molecule has 3 aromatic heterocycles. The number of rotatable bonds is 4. The van der Waals surface area contributed by atoms with E-state index in [1.165, 1.54) is 0 Å². The molecule has 1 atom stereocenters. The molecule has 7 nitrogen and oxygen atoms in total. The molecule has 0 saturated carbocycles. The average Bonchev–Trinajstić information content (AvgIpc) is 2.96. The second-order valence-electron chi connectivity index (χ2n) is 5.17. The van der Waals surface area contributed by atoms with E-state index in [0.717, 1.165) is 29.0 Å². The van der Waals surface area contributed by atoms with Gasteiger partial charge in [0.05, 0.1) is 17.6 Å². The number of nitrogens with two attached hydrogens (primary N) is 1. The summed E-state index contributed by atoms with van der Waals surface area (Å²) in [5.74, 6) is 2.11. The normalized spacial score (nSPS) is 12.5. The van der Waals surface area contributed by atoms with Gasteiger partial charge in [-0.3, -0.25) is 5.10 Å². The minimum Gasteiger partial charge on any atom is -0.383 e. The Kier molecular flexibility index (Phi) is 3.62. The number of nitrogens with zero attached hydrogens (tertiary/aromatic N) is 5. The number of hydrogen-bond acceptors (Lipinski definition) is 6. The van der Waals surface area contributed by atoms with Crippen molar-refractivity contribution in [3.8, 4) is 0 Å². The molecule has 0 saturated heterocycles. The maximum Gasteiger partial charge on any atom is 0.161 e. The van der Waals surface area contributed by atoms with Crippen LogP contribution in [-0.2, 0) is 0 Å². The quantitative estimate of drug-likeness (QED) is 0.766. The average molecular weight is 297 g/mol. The van der Waals surface area contributed by atoms with E-state index in [-0.39, 0.29) is 6.04 Å². The molecule has 0 radical (unpaired) electrons. The number of H-pyrrole nitrogens is 1. The number of aromatic nitrogens is 5. The molecule has 0 bridgehead atoms. The molecule has 114 valence electrons. The number of hydrogen-bond donors (Lipinski definition) is 2. The third-order valence-corrected chi connectivity index (χ3v) is 3.80. The lowest BCUT2D eigenvalue weighted by Crippen LogP contribution is -2.28. The van der Waals surface area contributed by atoms with E-state index >= 15 is 0 Å². The van der Waals surface area contributed by atoms with Crippen molar-refractivity contribution in [1.29, 1.82) is 0 Å². The summed E-state index contributed by atoms with van der Waals surface area (Å²) in [4.78, 5) is 15.3. The fourth-order valence-corrected chi connectivity index (χ4v) is 2.71. The summed E-state index contributed by atoms with van der Waals surface area (Å²) in [6, 6.07) is 3.94. The van der Waals surface area contributed by atoms with Gasteiger partial charge < -0.3 is 10.6 Å². The second kappa shape index (κ2) is 5.59. The van der Waals surface area contributed by atoms with Gasteiger partial charge in [0.15, 0.2) is 5.65 Å². The van der Waals surface area contributed by atoms with Crippen molar-refractivity contribution in [2.24, 2.45) is 0 Å². The Morgan fingerprint density at radius 2 is 2.18 bits per heavy atom. The van der Waals surface area contributed by atoms with E-state index in [0.29, 0.717) is 11.6 Å². The maximum atomic E-state index is 6.03. The van der Waals surface area contributed by atoms with Crippen molar-refractivity contribution in [1.82, 2.24) is 25.1 Å². The molecular formula is C15H19N7. The highest BCUT2D eigenvalue weighted by molar-refractivity contribution is 5.86. The lowest BCUT2D eigenvalue weighted by Gasteiger charge is -2.30. The summed E-state index contributed by atoms with van der Waals surface area (Å²) in [5.41, 5.74) is 7.75. The van der Waals surface area contributed by atoms with Gasteiger partial charge in [-0.05, 0) is 26.8 Å². The monoisotopic (exact) mass is 297 g/mol. The maximum absolute atomic E-state index is 6.03. The zero-order valence-corrected chi connectivity index (χ0v) is 12.9. The van der Waals surface area contributed by atoms with Crippen LogP contribution in [0.15, 0.2) is 24.5 Å². The molecule has 0 amide bonds. The van der Waals surface area contributed by atoms with Gasteiger partial charge >= 0.3 is 0 Å². The largest absolute Gasteiger partial charge is 0.383 e. The van der Waals surface area contributed by atoms with Gasteiger partial charge in [0, 0.05) is 18.3 Å². The van der Waals surface area contributed by atoms with Gasteiger partial charge in [-0.25, -0.2) is 15.0 Å². The van der Waals surface area contributed by atoms with Gasteiger partial charge in [-0.15, -0.1) is 0 Å². The third kappa shape index (κ3) is 2.34. The lowest BCUT2D eigenvalue weighted by atomic mass is 10.1. The van der Waals surface area contributed by atoms with Gasteiger partial charge in [0.1, 0.15) is 17.5 Å². The Morgan fingerprint density at radius 3 is 2.91 bits per heavy atom. The number of anilines is 2. The molecule has 0 aliphatic carbocycles. The minimum absolute atomic E-state index is 0.0473. The Bertz CT molecular complexity index is 795. The number of pyridine rings is 1. The van der Waals surface area contributed by atoms with Crippen LogP contribution in [0.3, 0.4) is 0 Å². The smallest absolute Gasteiger partial charge is 0.161 e. The topological polar surface area (TPSA) is 96.6 Å². The predicted octanol–water partition coefficient (Wildman–Crippen LogP) is 2.23. The van der Waals surface area contributed by atoms with Crippen molar-refractivity contribution < 1.29 is 0 Å². The van der Waals surface area contributed by atoms with Crippen LogP contribution in [0.4, 0.5) is 11.6 Å². The molecule has 0 fully saturated rings. The zero-order valence-electron chi connectivity index (χ0n) is 12.9. The van der Waals surface area contributed by atoms with Crippen LogP contribution in [0.2, 0.25) is 0 Å². The Labute approximate surface area is 128 Å². The number of nitrogens with one attached hydrogen (secondary N) is 1. The molecule has 1 unspecified atom stereocenters. The van der Waals surface area contributed by atoms with Crippen LogP contribution in [0.1, 0.15) is 31.3 Å². The molecule has 3 rings (SSSR count). The molecule has 0 aliphatic heterocycles. The van der Waals surface area contributed by atoms with Crippen molar-refractivity contribution in [2.75, 3.05) is 17.2 Å². The first kappa shape index (κ1) is 14.2. The Morgan fingerprint density at radius 1 is 1.36 bits per heavy atom. The first-order chi connectivity index (χ1) is 10.6. The van der Waals surface area contributed by atoms with E-state index in [4.69, 9.17) is 5.73 Å². The third-order valence-electron chi connectivity index (χ3n) is 3.80. The molecular weight excluding hydrogens is 278 g/mol. The summed E-state index contributed by atoms with van der Waals surface area (Å²) in [5, 5.41) is 7.89. The first-order valence-electron chi connectivity index (χ1n) is 7.26. The molecule has 3 N–H and O–H groups in total. The molecule has 7 heteroatoms. The second-order valence-corrected chi connectivity index (χ2v) is 5.17. The predicted molar refractivity (Wildman–Crippen MR) is 86.5 cm³/mol. The first-order valence-corrected chi connectivity index (χ1v) is 7.26. The summed E-state index contributed by atoms with van der Waals surface area (Å²) in [6.45, 7) is 6.85. The molecule has 3 heterocycles. The highest BCUT2D eigenvalue weighted by atomic mass is 15.2. The van der Waals surface area contributed by atoms with Crippen LogP contribution < -0.4 is 10.6 Å². The summed E-state index contributed by atoms with van der Waals surface area (Å²) < 4.78 is 0. The molecule has 0 spiro atoms. The highest BCUT2D eigenvalue weighted by Crippen LogP contribution is 2.31. The number of aromatic amines is 1. The molecule has 0 aromatic carbocycles. The van der Waals surface area contributed by atoms with Crippen LogP contribution in [0, 0.1) is 6.92 Å². The van der Waals surface area contributed by atoms with Crippen molar-refractivity contribution in [3.63, 3.8) is 0 Å². The highest BCUT2D eigenvalue weighted by Gasteiger charge is 2.21. The van der Waals surface area contributed by atoms with E-state index in [2.05, 4.69) is 43.9 Å². The van der Waals surface area contributed by atoms with Crippen molar-refractivity contribution >= 4 is 22.7 Å². The van der Waals surface area contributed by atoms with E-state index < -0.39 is 0 Å². The number of nitrogen functional groups attached to an aromatic ring is 1. The van der Waals surface area contributed by atoms with Gasteiger partial charge in [0.25, 0.3) is 0 Å². The van der Waals surface area contributed by atoms with Crippen LogP contribution in [0.5, 0.6) is 0 Å². The standard InChI is InChI=1S/C15H19N7/c1-4-22(9(2)11-6-5-7-17-13(11)16)15-12-8-18-21-14(12)19-10(3)20-15/h5-9H,4H2,1-3H3,(H2,16,17)(H,18,19,20,21).